The maximum atomic E-state index is 5.30. The van der Waals surface area contributed by atoms with E-state index in [1.807, 2.05) is 35.9 Å². The van der Waals surface area contributed by atoms with E-state index in [1.54, 1.807) is 0 Å². The van der Waals surface area contributed by atoms with E-state index in [1.165, 1.54) is 31.1 Å². The Kier molecular flexibility index (Phi) is 4.69. The second-order valence-corrected chi connectivity index (χ2v) is 10.5. The van der Waals surface area contributed by atoms with E-state index in [4.69, 9.17) is 4.98 Å². The van der Waals surface area contributed by atoms with Crippen molar-refractivity contribution >= 4 is 53.4 Å². The van der Waals surface area contributed by atoms with E-state index in [0.29, 0.717) is 0 Å². The summed E-state index contributed by atoms with van der Waals surface area (Å²) in [6.45, 7) is 0. The molecule has 0 aliphatic carbocycles. The lowest BCUT2D eigenvalue weighted by Gasteiger charge is -2.10. The number of thiophene rings is 1. The molecular formula is C34H21N3S. The maximum absolute atomic E-state index is 5.30. The summed E-state index contributed by atoms with van der Waals surface area (Å²) < 4.78 is 4.94. The first-order valence-electron chi connectivity index (χ1n) is 12.7. The number of hydrogen-bond acceptors (Lipinski definition) is 3. The molecule has 0 atom stereocenters. The van der Waals surface area contributed by atoms with Gasteiger partial charge in [-0.05, 0) is 48.0 Å². The molecule has 4 heteroatoms. The van der Waals surface area contributed by atoms with Crippen molar-refractivity contribution in [2.45, 2.75) is 0 Å². The Morgan fingerprint density at radius 2 is 1.42 bits per heavy atom. The molecule has 4 heterocycles. The third-order valence-electron chi connectivity index (χ3n) is 7.29. The van der Waals surface area contributed by atoms with Gasteiger partial charge in [-0.2, -0.15) is 0 Å². The number of fused-ring (bicyclic) bond motifs is 7. The predicted molar refractivity (Wildman–Crippen MR) is 160 cm³/mol. The Hall–Kier alpha value is -4.80. The quantitative estimate of drug-likeness (QED) is 0.240. The lowest BCUT2D eigenvalue weighted by atomic mass is 10.1. The van der Waals surface area contributed by atoms with Gasteiger partial charge < -0.3 is 4.57 Å². The van der Waals surface area contributed by atoms with Crippen LogP contribution in [0.1, 0.15) is 0 Å². The van der Waals surface area contributed by atoms with Crippen LogP contribution in [0.5, 0.6) is 0 Å². The van der Waals surface area contributed by atoms with Crippen LogP contribution in [-0.2, 0) is 0 Å². The highest BCUT2D eigenvalue weighted by Gasteiger charge is 2.19. The first-order valence-corrected chi connectivity index (χ1v) is 13.5. The molecular weight excluding hydrogens is 482 g/mol. The fourth-order valence-corrected chi connectivity index (χ4v) is 6.79. The molecule has 0 N–H and O–H groups in total. The van der Waals surface area contributed by atoms with E-state index >= 15 is 0 Å². The van der Waals surface area contributed by atoms with Crippen molar-refractivity contribution in [1.82, 2.24) is 14.5 Å². The molecule has 0 aliphatic rings. The van der Waals surface area contributed by atoms with Gasteiger partial charge in [0.15, 0.2) is 0 Å². The van der Waals surface area contributed by atoms with Crippen LogP contribution in [0.3, 0.4) is 0 Å². The Balaban J connectivity index is 1.48. The van der Waals surface area contributed by atoms with Crippen LogP contribution < -0.4 is 0 Å². The molecule has 8 aromatic rings. The van der Waals surface area contributed by atoms with Gasteiger partial charge >= 0.3 is 0 Å². The van der Waals surface area contributed by atoms with Crippen molar-refractivity contribution < 1.29 is 0 Å². The third kappa shape index (κ3) is 3.21. The fourth-order valence-electron chi connectivity index (χ4n) is 5.55. The van der Waals surface area contributed by atoms with Gasteiger partial charge in [-0.3, -0.25) is 4.98 Å². The molecule has 0 bridgehead atoms. The standard InChI is InChI=1S/C34H21N3S/c1-2-8-22(9-3-1)28-16-18-30-33(36-28)32-29(17-15-27-26-13-4-5-14-31(26)38-34(27)32)37(30)25-12-6-10-23(20-25)24-11-7-19-35-21-24/h1-21H. The Morgan fingerprint density at radius 1 is 0.605 bits per heavy atom. The monoisotopic (exact) mass is 503 g/mol. The molecule has 0 amide bonds. The van der Waals surface area contributed by atoms with Crippen LogP contribution in [0.25, 0.3) is 70.2 Å². The summed E-state index contributed by atoms with van der Waals surface area (Å²) in [6, 6.07) is 40.8. The van der Waals surface area contributed by atoms with Crippen molar-refractivity contribution in [2.75, 3.05) is 0 Å². The molecule has 178 valence electrons. The highest BCUT2D eigenvalue weighted by molar-refractivity contribution is 7.26. The molecule has 0 fully saturated rings. The molecule has 0 radical (unpaired) electrons. The number of pyridine rings is 2. The van der Waals surface area contributed by atoms with Crippen molar-refractivity contribution in [2.24, 2.45) is 0 Å². The SMILES string of the molecule is c1ccc(-c2ccc3c(n2)c2c4sc5ccccc5c4ccc2n3-c2cccc(-c3cccnc3)c2)cc1. The van der Waals surface area contributed by atoms with Crippen LogP contribution >= 0.6 is 11.3 Å². The topological polar surface area (TPSA) is 30.7 Å². The van der Waals surface area contributed by atoms with Gasteiger partial charge in [0, 0.05) is 54.8 Å². The Morgan fingerprint density at radius 3 is 2.32 bits per heavy atom. The van der Waals surface area contributed by atoms with E-state index < -0.39 is 0 Å². The largest absolute Gasteiger partial charge is 0.308 e. The Bertz CT molecular complexity index is 2120. The summed E-state index contributed by atoms with van der Waals surface area (Å²) in [4.78, 5) is 9.63. The van der Waals surface area contributed by atoms with Crippen molar-refractivity contribution in [3.05, 3.63) is 128 Å². The van der Waals surface area contributed by atoms with Gasteiger partial charge in [-0.15, -0.1) is 11.3 Å². The predicted octanol–water partition coefficient (Wildman–Crippen LogP) is 9.28. The van der Waals surface area contributed by atoms with Crippen molar-refractivity contribution in [1.29, 1.82) is 0 Å². The summed E-state index contributed by atoms with van der Waals surface area (Å²) in [6.07, 6.45) is 3.73. The van der Waals surface area contributed by atoms with Gasteiger partial charge in [0.1, 0.15) is 0 Å². The highest BCUT2D eigenvalue weighted by Crippen LogP contribution is 2.43. The van der Waals surface area contributed by atoms with Gasteiger partial charge in [-0.25, -0.2) is 4.98 Å². The van der Waals surface area contributed by atoms with Crippen LogP contribution in [0, 0.1) is 0 Å². The number of rotatable bonds is 3. The third-order valence-corrected chi connectivity index (χ3v) is 8.49. The van der Waals surface area contributed by atoms with E-state index in [-0.39, 0.29) is 0 Å². The first kappa shape index (κ1) is 21.3. The van der Waals surface area contributed by atoms with E-state index in [2.05, 4.69) is 113 Å². The molecule has 4 aromatic carbocycles. The zero-order valence-corrected chi connectivity index (χ0v) is 21.2. The minimum absolute atomic E-state index is 0.986. The lowest BCUT2D eigenvalue weighted by Crippen LogP contribution is -1.95. The summed E-state index contributed by atoms with van der Waals surface area (Å²) in [5, 5.41) is 3.80. The molecule has 0 spiro atoms. The minimum Gasteiger partial charge on any atom is -0.308 e. The normalized spacial score (nSPS) is 11.7. The summed E-state index contributed by atoms with van der Waals surface area (Å²) >= 11 is 1.85. The van der Waals surface area contributed by atoms with E-state index in [9.17, 15) is 0 Å². The van der Waals surface area contributed by atoms with Crippen LogP contribution in [-0.4, -0.2) is 14.5 Å². The number of benzene rings is 4. The molecule has 0 saturated heterocycles. The molecule has 0 unspecified atom stereocenters. The Labute approximate surface area is 223 Å². The highest BCUT2D eigenvalue weighted by atomic mass is 32.1. The fraction of sp³-hybridized carbons (Fsp3) is 0. The minimum atomic E-state index is 0.986. The lowest BCUT2D eigenvalue weighted by molar-refractivity contribution is 1.18. The van der Waals surface area contributed by atoms with Crippen LogP contribution in [0.4, 0.5) is 0 Å². The van der Waals surface area contributed by atoms with Crippen LogP contribution in [0.2, 0.25) is 0 Å². The molecule has 8 rings (SSSR count). The zero-order valence-electron chi connectivity index (χ0n) is 20.4. The van der Waals surface area contributed by atoms with Gasteiger partial charge in [0.25, 0.3) is 0 Å². The zero-order chi connectivity index (χ0) is 25.1. The first-order chi connectivity index (χ1) is 18.8. The molecule has 3 nitrogen and oxygen atoms in total. The molecule has 4 aromatic heterocycles. The second-order valence-electron chi connectivity index (χ2n) is 9.49. The average molecular weight is 504 g/mol. The van der Waals surface area contributed by atoms with Gasteiger partial charge in [-0.1, -0.05) is 72.8 Å². The molecule has 38 heavy (non-hydrogen) atoms. The summed E-state index contributed by atoms with van der Waals surface area (Å²) in [5.41, 5.74) is 8.77. The summed E-state index contributed by atoms with van der Waals surface area (Å²) in [5.74, 6) is 0. The second kappa shape index (κ2) is 8.37. The van der Waals surface area contributed by atoms with Crippen molar-refractivity contribution in [3.63, 3.8) is 0 Å². The van der Waals surface area contributed by atoms with E-state index in [0.717, 1.165) is 39.1 Å². The molecule has 0 aliphatic heterocycles. The average Bonchev–Trinajstić information content (AvgIpc) is 3.53. The molecule has 0 saturated carbocycles. The number of nitrogens with zero attached hydrogens (tertiary/aromatic N) is 3. The summed E-state index contributed by atoms with van der Waals surface area (Å²) in [7, 11) is 0. The van der Waals surface area contributed by atoms with Crippen LogP contribution in [0.15, 0.2) is 128 Å². The smallest absolute Gasteiger partial charge is 0.0985 e. The van der Waals surface area contributed by atoms with Gasteiger partial charge in [0.05, 0.1) is 22.2 Å². The number of hydrogen-bond donors (Lipinski definition) is 0. The van der Waals surface area contributed by atoms with Gasteiger partial charge in [0.2, 0.25) is 0 Å². The van der Waals surface area contributed by atoms with Crippen molar-refractivity contribution in [3.8, 4) is 28.1 Å². The maximum Gasteiger partial charge on any atom is 0.0985 e. The number of aromatic nitrogens is 3.